The van der Waals surface area contributed by atoms with Gasteiger partial charge in [0.25, 0.3) is 0 Å². The topological polar surface area (TPSA) is 97.5 Å². The van der Waals surface area contributed by atoms with Crippen molar-refractivity contribution in [2.45, 2.75) is 0 Å². The molecule has 100 valence electrons. The number of rotatable bonds is 4. The highest BCUT2D eigenvalue weighted by atomic mass is 127. The smallest absolute Gasteiger partial charge is 0.404 e. The summed E-state index contributed by atoms with van der Waals surface area (Å²) in [5, 5.41) is 12.5. The quantitative estimate of drug-likeness (QED) is 0.563. The van der Waals surface area contributed by atoms with Crippen LogP contribution in [0.4, 0.5) is 10.6 Å². The summed E-state index contributed by atoms with van der Waals surface area (Å²) in [6, 6.07) is 5.65. The third-order valence-electron chi connectivity index (χ3n) is 2.48. The van der Waals surface area contributed by atoms with Crippen LogP contribution >= 0.6 is 22.6 Å². The molecule has 2 rings (SSSR count). The Kier molecular flexibility index (Phi) is 4.25. The van der Waals surface area contributed by atoms with Crippen LogP contribution in [-0.4, -0.2) is 29.3 Å². The molecule has 1 heterocycles. The second-order valence-electron chi connectivity index (χ2n) is 3.78. The molecule has 19 heavy (non-hydrogen) atoms. The van der Waals surface area contributed by atoms with Crippen molar-refractivity contribution in [1.29, 1.82) is 0 Å². The molecule has 0 radical (unpaired) electrons. The fourth-order valence-corrected chi connectivity index (χ4v) is 2.27. The van der Waals surface area contributed by atoms with Crippen molar-refractivity contribution in [3.8, 4) is 5.75 Å². The van der Waals surface area contributed by atoms with E-state index in [9.17, 15) is 4.79 Å². The zero-order chi connectivity index (χ0) is 13.8. The molecule has 7 heteroatoms. The van der Waals surface area contributed by atoms with Crippen molar-refractivity contribution in [2.24, 2.45) is 0 Å². The Bertz CT molecular complexity index is 618. The largest absolute Gasteiger partial charge is 0.491 e. The standard InChI is InChI=1S/C12H12IN3O3/c13-9-5-7-1-2-15-11(14)8(7)6-10(9)19-4-3-16-12(17)18/h1-2,5-6,16H,3-4H2,(H2,14,15)(H,17,18). The van der Waals surface area contributed by atoms with E-state index >= 15 is 0 Å². The van der Waals surface area contributed by atoms with Gasteiger partial charge in [-0.15, -0.1) is 0 Å². The minimum atomic E-state index is -1.06. The molecular formula is C12H12IN3O3. The first-order valence-electron chi connectivity index (χ1n) is 5.51. The average Bonchev–Trinajstić information content (AvgIpc) is 2.35. The molecule has 0 spiro atoms. The maximum Gasteiger partial charge on any atom is 0.404 e. The van der Waals surface area contributed by atoms with E-state index < -0.39 is 6.09 Å². The highest BCUT2D eigenvalue weighted by Crippen LogP contribution is 2.29. The van der Waals surface area contributed by atoms with Crippen LogP contribution in [0.25, 0.3) is 10.8 Å². The van der Waals surface area contributed by atoms with Gasteiger partial charge in [-0.3, -0.25) is 0 Å². The van der Waals surface area contributed by atoms with Crippen molar-refractivity contribution >= 4 is 45.3 Å². The lowest BCUT2D eigenvalue weighted by Gasteiger charge is -2.10. The zero-order valence-electron chi connectivity index (χ0n) is 9.89. The number of nitrogens with two attached hydrogens (primary N) is 1. The number of hydrogen-bond donors (Lipinski definition) is 3. The summed E-state index contributed by atoms with van der Waals surface area (Å²) < 4.78 is 6.47. The Morgan fingerprint density at radius 1 is 1.53 bits per heavy atom. The highest BCUT2D eigenvalue weighted by molar-refractivity contribution is 14.1. The van der Waals surface area contributed by atoms with E-state index in [0.717, 1.165) is 14.3 Å². The summed E-state index contributed by atoms with van der Waals surface area (Å²) >= 11 is 2.16. The van der Waals surface area contributed by atoms with Crippen LogP contribution in [0.2, 0.25) is 0 Å². The maximum atomic E-state index is 10.3. The molecule has 0 unspecified atom stereocenters. The van der Waals surface area contributed by atoms with Crippen molar-refractivity contribution in [2.75, 3.05) is 18.9 Å². The number of nitrogens with one attached hydrogen (secondary N) is 1. The van der Waals surface area contributed by atoms with E-state index in [-0.39, 0.29) is 13.2 Å². The van der Waals surface area contributed by atoms with Gasteiger partial charge in [-0.2, -0.15) is 0 Å². The number of carbonyl (C=O) groups is 1. The number of fused-ring (bicyclic) bond motifs is 1. The van der Waals surface area contributed by atoms with Crippen molar-refractivity contribution < 1.29 is 14.6 Å². The van der Waals surface area contributed by atoms with Gasteiger partial charge in [0.1, 0.15) is 18.2 Å². The van der Waals surface area contributed by atoms with Crippen LogP contribution in [-0.2, 0) is 0 Å². The van der Waals surface area contributed by atoms with Crippen molar-refractivity contribution in [3.05, 3.63) is 28.0 Å². The first-order valence-corrected chi connectivity index (χ1v) is 6.59. The number of anilines is 1. The van der Waals surface area contributed by atoms with Crippen LogP contribution < -0.4 is 15.8 Å². The average molecular weight is 373 g/mol. The third-order valence-corrected chi connectivity index (χ3v) is 3.33. The second kappa shape index (κ2) is 5.91. The van der Waals surface area contributed by atoms with Gasteiger partial charge in [0.15, 0.2) is 0 Å². The number of ether oxygens (including phenoxy) is 1. The van der Waals surface area contributed by atoms with Crippen LogP contribution in [0.3, 0.4) is 0 Å². The molecule has 1 aromatic carbocycles. The monoisotopic (exact) mass is 373 g/mol. The number of nitrogen functional groups attached to an aromatic ring is 1. The molecule has 0 saturated heterocycles. The van der Waals surface area contributed by atoms with Gasteiger partial charge in [0, 0.05) is 11.6 Å². The molecule has 1 amide bonds. The molecule has 0 bridgehead atoms. The van der Waals surface area contributed by atoms with Crippen LogP contribution in [0.5, 0.6) is 5.75 Å². The molecular weight excluding hydrogens is 361 g/mol. The van der Waals surface area contributed by atoms with Gasteiger partial charge in [-0.25, -0.2) is 9.78 Å². The molecule has 0 atom stereocenters. The summed E-state index contributed by atoms with van der Waals surface area (Å²) in [6.45, 7) is 0.486. The Balaban J connectivity index is 2.16. The molecule has 0 aliphatic rings. The zero-order valence-corrected chi connectivity index (χ0v) is 12.0. The first-order chi connectivity index (χ1) is 9.08. The molecule has 0 saturated carbocycles. The molecule has 1 aromatic heterocycles. The first kappa shape index (κ1) is 13.7. The van der Waals surface area contributed by atoms with E-state index in [1.807, 2.05) is 18.2 Å². The van der Waals surface area contributed by atoms with Crippen LogP contribution in [0.15, 0.2) is 24.4 Å². The van der Waals surface area contributed by atoms with Gasteiger partial charge < -0.3 is 20.9 Å². The van der Waals surface area contributed by atoms with Gasteiger partial charge in [-0.05, 0) is 46.2 Å². The van der Waals surface area contributed by atoms with E-state index in [2.05, 4.69) is 32.9 Å². The maximum absolute atomic E-state index is 10.3. The Hall–Kier alpha value is -1.77. The Labute approximate surface area is 123 Å². The lowest BCUT2D eigenvalue weighted by Crippen LogP contribution is -2.26. The number of carboxylic acid groups (broad SMARTS) is 1. The van der Waals surface area contributed by atoms with Gasteiger partial charge in [0.05, 0.1) is 10.1 Å². The second-order valence-corrected chi connectivity index (χ2v) is 4.94. The number of amides is 1. The summed E-state index contributed by atoms with van der Waals surface area (Å²) in [7, 11) is 0. The van der Waals surface area contributed by atoms with Crippen LogP contribution in [0, 0.1) is 3.57 Å². The molecule has 6 nitrogen and oxygen atoms in total. The number of hydrogen-bond acceptors (Lipinski definition) is 4. The minimum Gasteiger partial charge on any atom is -0.491 e. The summed E-state index contributed by atoms with van der Waals surface area (Å²) in [5.41, 5.74) is 5.81. The normalized spacial score (nSPS) is 10.4. The molecule has 4 N–H and O–H groups in total. The van der Waals surface area contributed by atoms with E-state index in [1.54, 1.807) is 6.20 Å². The Morgan fingerprint density at radius 2 is 2.32 bits per heavy atom. The third kappa shape index (κ3) is 3.37. The van der Waals surface area contributed by atoms with Gasteiger partial charge in [0.2, 0.25) is 0 Å². The van der Waals surface area contributed by atoms with Gasteiger partial charge in [-0.1, -0.05) is 0 Å². The van der Waals surface area contributed by atoms with E-state index in [4.69, 9.17) is 15.6 Å². The fourth-order valence-electron chi connectivity index (χ4n) is 1.63. The number of nitrogens with zero attached hydrogens (tertiary/aromatic N) is 1. The van der Waals surface area contributed by atoms with Crippen LogP contribution in [0.1, 0.15) is 0 Å². The highest BCUT2D eigenvalue weighted by Gasteiger charge is 2.06. The molecule has 2 aromatic rings. The summed E-state index contributed by atoms with van der Waals surface area (Å²) in [6.07, 6.45) is 0.593. The number of halogens is 1. The molecule has 0 aliphatic carbocycles. The minimum absolute atomic E-state index is 0.228. The lowest BCUT2D eigenvalue weighted by atomic mass is 10.1. The predicted molar refractivity (Wildman–Crippen MR) is 80.4 cm³/mol. The van der Waals surface area contributed by atoms with Crippen molar-refractivity contribution in [1.82, 2.24) is 10.3 Å². The van der Waals surface area contributed by atoms with E-state index in [1.165, 1.54) is 0 Å². The van der Waals surface area contributed by atoms with E-state index in [0.29, 0.717) is 11.6 Å². The Morgan fingerprint density at radius 3 is 3.05 bits per heavy atom. The summed E-state index contributed by atoms with van der Waals surface area (Å²) in [5.74, 6) is 1.11. The number of aromatic nitrogens is 1. The SMILES string of the molecule is Nc1nccc2cc(I)c(OCCNC(=O)O)cc12. The fraction of sp³-hybridized carbons (Fsp3) is 0.167. The molecule has 0 fully saturated rings. The molecule has 0 aliphatic heterocycles. The summed E-state index contributed by atoms with van der Waals surface area (Å²) in [4.78, 5) is 14.3. The predicted octanol–water partition coefficient (Wildman–Crippen LogP) is 2.07. The number of pyridine rings is 1. The lowest BCUT2D eigenvalue weighted by molar-refractivity contribution is 0.191. The van der Waals surface area contributed by atoms with Gasteiger partial charge >= 0.3 is 6.09 Å². The van der Waals surface area contributed by atoms with Crippen molar-refractivity contribution in [3.63, 3.8) is 0 Å². The number of benzene rings is 1.